The van der Waals surface area contributed by atoms with Crippen LogP contribution in [0.25, 0.3) is 0 Å². The van der Waals surface area contributed by atoms with Gasteiger partial charge in [0.25, 0.3) is 0 Å². The van der Waals surface area contributed by atoms with Crippen LogP contribution in [0.2, 0.25) is 0 Å². The fourth-order valence-corrected chi connectivity index (χ4v) is 3.05. The summed E-state index contributed by atoms with van der Waals surface area (Å²) in [4.78, 5) is 25.8. The number of piperidine rings is 1. The van der Waals surface area contributed by atoms with Crippen molar-refractivity contribution in [2.45, 2.75) is 39.2 Å². The number of esters is 1. The summed E-state index contributed by atoms with van der Waals surface area (Å²) in [6.07, 6.45) is 1.60. The average molecular weight is 363 g/mol. The number of carbonyl (C=O) groups is 2. The van der Waals surface area contributed by atoms with E-state index < -0.39 is 11.7 Å². The molecule has 1 fully saturated rings. The Balaban J connectivity index is 2.00. The smallest absolute Gasteiger partial charge is 0.407 e. The molecule has 26 heavy (non-hydrogen) atoms. The quantitative estimate of drug-likeness (QED) is 0.631. The summed E-state index contributed by atoms with van der Waals surface area (Å²) in [5.41, 5.74) is 7.54. The van der Waals surface area contributed by atoms with E-state index in [1.165, 1.54) is 7.11 Å². The first kappa shape index (κ1) is 19.9. The largest absolute Gasteiger partial charge is 0.465 e. The lowest BCUT2D eigenvalue weighted by Crippen LogP contribution is -2.42. The van der Waals surface area contributed by atoms with Gasteiger partial charge in [-0.15, -0.1) is 0 Å². The number of anilines is 2. The van der Waals surface area contributed by atoms with E-state index in [-0.39, 0.29) is 11.9 Å². The number of ether oxygens (including phenoxy) is 2. The van der Waals surface area contributed by atoms with Gasteiger partial charge in [0.1, 0.15) is 5.60 Å². The van der Waals surface area contributed by atoms with Crippen molar-refractivity contribution < 1.29 is 19.1 Å². The lowest BCUT2D eigenvalue weighted by Gasteiger charge is -2.35. The van der Waals surface area contributed by atoms with Crippen LogP contribution in [0.5, 0.6) is 0 Å². The van der Waals surface area contributed by atoms with Gasteiger partial charge in [-0.1, -0.05) is 0 Å². The Hall–Kier alpha value is -2.44. The molecule has 1 aliphatic heterocycles. The molecule has 144 valence electrons. The Bertz CT molecular complexity index is 655. The van der Waals surface area contributed by atoms with Crippen LogP contribution in [0.4, 0.5) is 16.2 Å². The first-order valence-electron chi connectivity index (χ1n) is 8.89. The van der Waals surface area contributed by atoms with Gasteiger partial charge < -0.3 is 25.4 Å². The van der Waals surface area contributed by atoms with Crippen molar-refractivity contribution in [1.82, 2.24) is 5.32 Å². The third kappa shape index (κ3) is 5.54. The number of nitrogens with two attached hydrogens (primary N) is 1. The van der Waals surface area contributed by atoms with Crippen molar-refractivity contribution in [2.75, 3.05) is 37.4 Å². The third-order valence-electron chi connectivity index (χ3n) is 4.25. The van der Waals surface area contributed by atoms with Crippen LogP contribution in [-0.4, -0.2) is 44.4 Å². The number of nitrogen functional groups attached to an aromatic ring is 1. The Morgan fingerprint density at radius 3 is 2.73 bits per heavy atom. The van der Waals surface area contributed by atoms with Crippen molar-refractivity contribution in [3.8, 4) is 0 Å². The maximum Gasteiger partial charge on any atom is 0.407 e. The minimum absolute atomic E-state index is 0.289. The number of nitrogens with zero attached hydrogens (tertiary/aromatic N) is 1. The molecule has 0 aliphatic carbocycles. The summed E-state index contributed by atoms with van der Waals surface area (Å²) in [6.45, 7) is 7.67. The molecule has 1 atom stereocenters. The summed E-state index contributed by atoms with van der Waals surface area (Å²) >= 11 is 0. The van der Waals surface area contributed by atoms with E-state index in [1.807, 2.05) is 20.8 Å². The molecule has 0 saturated carbocycles. The number of hydrogen-bond acceptors (Lipinski definition) is 6. The molecular weight excluding hydrogens is 334 g/mol. The highest BCUT2D eigenvalue weighted by Crippen LogP contribution is 2.29. The fourth-order valence-electron chi connectivity index (χ4n) is 3.05. The topological polar surface area (TPSA) is 93.9 Å². The van der Waals surface area contributed by atoms with Crippen LogP contribution in [0.1, 0.15) is 44.0 Å². The molecule has 0 radical (unpaired) electrons. The zero-order chi connectivity index (χ0) is 19.3. The standard InChI is InChI=1S/C19H29N3O4/c1-19(2,3)26-18(24)21-11-13-6-5-9-22(12-13)16-10-14(17(23)25-4)7-8-15(16)20/h7-8,10,13H,5-6,9,11-12,20H2,1-4H3,(H,21,24). The summed E-state index contributed by atoms with van der Waals surface area (Å²) in [5, 5.41) is 2.84. The predicted molar refractivity (Wildman–Crippen MR) is 101 cm³/mol. The first-order chi connectivity index (χ1) is 12.2. The Labute approximate surface area is 154 Å². The van der Waals surface area contributed by atoms with Crippen LogP contribution >= 0.6 is 0 Å². The third-order valence-corrected chi connectivity index (χ3v) is 4.25. The molecule has 1 saturated heterocycles. The van der Waals surface area contributed by atoms with Crippen LogP contribution in [0.3, 0.4) is 0 Å². The van der Waals surface area contributed by atoms with E-state index in [0.29, 0.717) is 17.8 Å². The Morgan fingerprint density at radius 1 is 1.35 bits per heavy atom. The van der Waals surface area contributed by atoms with Crippen LogP contribution in [0, 0.1) is 5.92 Å². The molecule has 2 rings (SSSR count). The number of alkyl carbamates (subject to hydrolysis) is 1. The SMILES string of the molecule is COC(=O)c1ccc(N)c(N2CCCC(CNC(=O)OC(C)(C)C)C2)c1. The second-order valence-corrected chi connectivity index (χ2v) is 7.60. The lowest BCUT2D eigenvalue weighted by molar-refractivity contribution is 0.0516. The number of nitrogens with one attached hydrogen (secondary N) is 1. The summed E-state index contributed by atoms with van der Waals surface area (Å²) < 4.78 is 10.1. The van der Waals surface area contributed by atoms with Gasteiger partial charge in [-0.2, -0.15) is 0 Å². The average Bonchev–Trinajstić information content (AvgIpc) is 2.58. The van der Waals surface area contributed by atoms with Crippen molar-refractivity contribution in [2.24, 2.45) is 5.92 Å². The van der Waals surface area contributed by atoms with Crippen molar-refractivity contribution in [1.29, 1.82) is 0 Å². The number of benzene rings is 1. The monoisotopic (exact) mass is 363 g/mol. The van der Waals surface area contributed by atoms with E-state index in [1.54, 1.807) is 18.2 Å². The maximum absolute atomic E-state index is 11.8. The predicted octanol–water partition coefficient (Wildman–Crippen LogP) is 2.80. The summed E-state index contributed by atoms with van der Waals surface area (Å²) in [7, 11) is 1.36. The molecule has 7 heteroatoms. The highest BCUT2D eigenvalue weighted by molar-refractivity contribution is 5.92. The van der Waals surface area contributed by atoms with E-state index in [2.05, 4.69) is 10.2 Å². The molecule has 0 spiro atoms. The zero-order valence-corrected chi connectivity index (χ0v) is 16.0. The van der Waals surface area contributed by atoms with Gasteiger partial charge in [0, 0.05) is 19.6 Å². The van der Waals surface area contributed by atoms with Crippen molar-refractivity contribution in [3.05, 3.63) is 23.8 Å². The van der Waals surface area contributed by atoms with Crippen molar-refractivity contribution >= 4 is 23.4 Å². The number of methoxy groups -OCH3 is 1. The molecule has 0 bridgehead atoms. The maximum atomic E-state index is 11.8. The molecule has 1 aliphatic rings. The van der Waals surface area contributed by atoms with Gasteiger partial charge in [-0.05, 0) is 57.7 Å². The highest BCUT2D eigenvalue weighted by atomic mass is 16.6. The number of rotatable bonds is 4. The van der Waals surface area contributed by atoms with Crippen LogP contribution in [0.15, 0.2) is 18.2 Å². The van der Waals surface area contributed by atoms with Gasteiger partial charge in [-0.3, -0.25) is 0 Å². The minimum Gasteiger partial charge on any atom is -0.465 e. The first-order valence-corrected chi connectivity index (χ1v) is 8.89. The molecule has 3 N–H and O–H groups in total. The number of carbonyl (C=O) groups excluding carboxylic acids is 2. The summed E-state index contributed by atoms with van der Waals surface area (Å²) in [6, 6.07) is 5.16. The van der Waals surface area contributed by atoms with Crippen LogP contribution in [-0.2, 0) is 9.47 Å². The molecule has 1 aromatic rings. The zero-order valence-electron chi connectivity index (χ0n) is 16.0. The van der Waals surface area contributed by atoms with Gasteiger partial charge in [0.05, 0.1) is 24.0 Å². The number of hydrogen-bond donors (Lipinski definition) is 2. The van der Waals surface area contributed by atoms with Gasteiger partial charge in [-0.25, -0.2) is 9.59 Å². The highest BCUT2D eigenvalue weighted by Gasteiger charge is 2.24. The van der Waals surface area contributed by atoms with Gasteiger partial charge in [0.2, 0.25) is 0 Å². The molecule has 7 nitrogen and oxygen atoms in total. The van der Waals surface area contributed by atoms with E-state index in [0.717, 1.165) is 31.6 Å². The van der Waals surface area contributed by atoms with Crippen molar-refractivity contribution in [3.63, 3.8) is 0 Å². The van der Waals surface area contributed by atoms with Gasteiger partial charge in [0.15, 0.2) is 0 Å². The molecule has 1 heterocycles. The molecule has 0 aromatic heterocycles. The number of amides is 1. The van der Waals surface area contributed by atoms with Gasteiger partial charge >= 0.3 is 12.1 Å². The summed E-state index contributed by atoms with van der Waals surface area (Å²) in [5.74, 6) is -0.0937. The molecule has 1 amide bonds. The molecule has 1 aromatic carbocycles. The molecular formula is C19H29N3O4. The lowest BCUT2D eigenvalue weighted by atomic mass is 9.97. The van der Waals surface area contributed by atoms with Crippen LogP contribution < -0.4 is 16.0 Å². The van der Waals surface area contributed by atoms with E-state index in [4.69, 9.17) is 15.2 Å². The normalized spacial score (nSPS) is 17.5. The van der Waals surface area contributed by atoms with E-state index in [9.17, 15) is 9.59 Å². The molecule has 1 unspecified atom stereocenters. The second-order valence-electron chi connectivity index (χ2n) is 7.60. The second kappa shape index (κ2) is 8.29. The van der Waals surface area contributed by atoms with E-state index >= 15 is 0 Å². The Morgan fingerprint density at radius 2 is 2.08 bits per heavy atom. The minimum atomic E-state index is -0.508. The fraction of sp³-hybridized carbons (Fsp3) is 0.579. The Kier molecular flexibility index (Phi) is 6.34.